The number of anilines is 1. The summed E-state index contributed by atoms with van der Waals surface area (Å²) in [4.78, 5) is 12.2. The Labute approximate surface area is 187 Å². The van der Waals surface area contributed by atoms with Crippen LogP contribution in [0.3, 0.4) is 0 Å². The summed E-state index contributed by atoms with van der Waals surface area (Å²) in [5, 5.41) is 11.5. The third-order valence-corrected chi connectivity index (χ3v) is 5.81. The van der Waals surface area contributed by atoms with Crippen molar-refractivity contribution in [1.82, 2.24) is 14.8 Å². The molecule has 1 aromatic heterocycles. The third-order valence-electron chi connectivity index (χ3n) is 4.35. The molecule has 30 heavy (non-hydrogen) atoms. The standard InChI is InChI=1S/C21H22BrFN4O2S/c1-3-14-5-8-16(9-6-14)29-12-19-25-26-21(27(19)4-2)30-13-20(28)24-18-10-7-15(22)11-17(18)23/h5-11H,3-4,12-13H2,1-2H3,(H,24,28). The van der Waals surface area contributed by atoms with E-state index in [1.807, 2.05) is 35.8 Å². The summed E-state index contributed by atoms with van der Waals surface area (Å²) in [6.07, 6.45) is 0.979. The number of ether oxygens (including phenoxy) is 1. The van der Waals surface area contributed by atoms with Gasteiger partial charge < -0.3 is 14.6 Å². The molecule has 1 heterocycles. The number of nitrogens with zero attached hydrogens (tertiary/aromatic N) is 3. The summed E-state index contributed by atoms with van der Waals surface area (Å²) in [5.74, 6) is 0.723. The molecule has 0 bridgehead atoms. The number of aromatic nitrogens is 3. The second-order valence-corrected chi connectivity index (χ2v) is 8.25. The van der Waals surface area contributed by atoms with Gasteiger partial charge in [0.2, 0.25) is 5.91 Å². The summed E-state index contributed by atoms with van der Waals surface area (Å²) < 4.78 is 22.2. The first-order chi connectivity index (χ1) is 14.5. The molecule has 1 N–H and O–H groups in total. The Morgan fingerprint density at radius 2 is 1.97 bits per heavy atom. The van der Waals surface area contributed by atoms with Crippen molar-refractivity contribution in [1.29, 1.82) is 0 Å². The molecule has 1 amide bonds. The molecule has 9 heteroatoms. The SMILES string of the molecule is CCc1ccc(OCc2nnc(SCC(=O)Nc3ccc(Br)cc3F)n2CC)cc1. The fourth-order valence-electron chi connectivity index (χ4n) is 2.73. The number of thioether (sulfide) groups is 1. The highest BCUT2D eigenvalue weighted by Gasteiger charge is 2.15. The van der Waals surface area contributed by atoms with Gasteiger partial charge in [0.05, 0.1) is 11.4 Å². The van der Waals surface area contributed by atoms with Crippen molar-refractivity contribution in [3.8, 4) is 5.75 Å². The number of carbonyl (C=O) groups is 1. The monoisotopic (exact) mass is 492 g/mol. The highest BCUT2D eigenvalue weighted by atomic mass is 79.9. The van der Waals surface area contributed by atoms with Crippen LogP contribution >= 0.6 is 27.7 Å². The van der Waals surface area contributed by atoms with E-state index in [1.165, 1.54) is 29.5 Å². The Bertz CT molecular complexity index is 1010. The van der Waals surface area contributed by atoms with E-state index in [1.54, 1.807) is 6.07 Å². The quantitative estimate of drug-likeness (QED) is 0.422. The van der Waals surface area contributed by atoms with Gasteiger partial charge in [-0.25, -0.2) is 4.39 Å². The number of halogens is 2. The van der Waals surface area contributed by atoms with Crippen LogP contribution in [0.5, 0.6) is 5.75 Å². The van der Waals surface area contributed by atoms with E-state index in [4.69, 9.17) is 4.74 Å². The van der Waals surface area contributed by atoms with Crippen LogP contribution in [0, 0.1) is 5.82 Å². The van der Waals surface area contributed by atoms with Gasteiger partial charge in [-0.05, 0) is 49.2 Å². The minimum absolute atomic E-state index is 0.0903. The van der Waals surface area contributed by atoms with Crippen molar-refractivity contribution in [2.75, 3.05) is 11.1 Å². The van der Waals surface area contributed by atoms with Gasteiger partial charge in [0.1, 0.15) is 18.2 Å². The molecular weight excluding hydrogens is 471 g/mol. The van der Waals surface area contributed by atoms with Crippen molar-refractivity contribution >= 4 is 39.3 Å². The maximum atomic E-state index is 13.9. The van der Waals surface area contributed by atoms with Gasteiger partial charge in [0, 0.05) is 11.0 Å². The maximum absolute atomic E-state index is 13.9. The molecule has 0 fully saturated rings. The number of hydrogen-bond acceptors (Lipinski definition) is 5. The lowest BCUT2D eigenvalue weighted by Gasteiger charge is -2.10. The minimum Gasteiger partial charge on any atom is -0.486 e. The van der Waals surface area contributed by atoms with E-state index in [2.05, 4.69) is 38.4 Å². The number of rotatable bonds is 9. The molecule has 3 aromatic rings. The average molecular weight is 493 g/mol. The lowest BCUT2D eigenvalue weighted by atomic mass is 10.2. The van der Waals surface area contributed by atoms with Gasteiger partial charge in [-0.1, -0.05) is 46.7 Å². The summed E-state index contributed by atoms with van der Waals surface area (Å²) in [6.45, 7) is 5.01. The number of amides is 1. The molecule has 6 nitrogen and oxygen atoms in total. The fraction of sp³-hybridized carbons (Fsp3) is 0.286. The first-order valence-electron chi connectivity index (χ1n) is 9.51. The second kappa shape index (κ2) is 10.6. The molecular formula is C21H22BrFN4O2S. The summed E-state index contributed by atoms with van der Waals surface area (Å²) in [7, 11) is 0. The van der Waals surface area contributed by atoms with Crippen LogP contribution in [0.4, 0.5) is 10.1 Å². The normalized spacial score (nSPS) is 10.8. The van der Waals surface area contributed by atoms with Crippen molar-refractivity contribution in [2.24, 2.45) is 0 Å². The van der Waals surface area contributed by atoms with Gasteiger partial charge in [0.25, 0.3) is 0 Å². The van der Waals surface area contributed by atoms with Crippen LogP contribution in [0.15, 0.2) is 52.1 Å². The summed E-state index contributed by atoms with van der Waals surface area (Å²) >= 11 is 4.44. The number of nitrogens with one attached hydrogen (secondary N) is 1. The molecule has 0 spiro atoms. The van der Waals surface area contributed by atoms with Gasteiger partial charge >= 0.3 is 0 Å². The summed E-state index contributed by atoms with van der Waals surface area (Å²) in [5.41, 5.74) is 1.39. The van der Waals surface area contributed by atoms with Gasteiger partial charge in [-0.3, -0.25) is 4.79 Å². The van der Waals surface area contributed by atoms with Gasteiger partial charge in [0.15, 0.2) is 11.0 Å². The predicted molar refractivity (Wildman–Crippen MR) is 119 cm³/mol. The molecule has 0 aliphatic rings. The average Bonchev–Trinajstić information content (AvgIpc) is 3.15. The molecule has 0 saturated heterocycles. The van der Waals surface area contributed by atoms with Crippen molar-refractivity contribution < 1.29 is 13.9 Å². The first kappa shape index (κ1) is 22.3. The Morgan fingerprint density at radius 3 is 2.63 bits per heavy atom. The number of aryl methyl sites for hydroxylation is 1. The predicted octanol–water partition coefficient (Wildman–Crippen LogP) is 5.07. The number of benzene rings is 2. The van der Waals surface area contributed by atoms with E-state index >= 15 is 0 Å². The van der Waals surface area contributed by atoms with E-state index in [0.717, 1.165) is 12.2 Å². The van der Waals surface area contributed by atoms with Crippen molar-refractivity contribution in [3.63, 3.8) is 0 Å². The van der Waals surface area contributed by atoms with E-state index < -0.39 is 5.82 Å². The Balaban J connectivity index is 1.57. The van der Waals surface area contributed by atoms with Crippen LogP contribution in [0.2, 0.25) is 0 Å². The zero-order valence-corrected chi connectivity index (χ0v) is 19.1. The number of carbonyl (C=O) groups excluding carboxylic acids is 1. The molecule has 0 unspecified atom stereocenters. The Morgan fingerprint density at radius 1 is 1.20 bits per heavy atom. The zero-order chi connectivity index (χ0) is 21.5. The molecule has 0 aliphatic carbocycles. The lowest BCUT2D eigenvalue weighted by molar-refractivity contribution is -0.113. The first-order valence-corrected chi connectivity index (χ1v) is 11.3. The van der Waals surface area contributed by atoms with Crippen LogP contribution in [0.25, 0.3) is 0 Å². The highest BCUT2D eigenvalue weighted by Crippen LogP contribution is 2.22. The van der Waals surface area contributed by atoms with Crippen molar-refractivity contribution in [3.05, 3.63) is 64.1 Å². The molecule has 0 atom stereocenters. The highest BCUT2D eigenvalue weighted by molar-refractivity contribution is 9.10. The van der Waals surface area contributed by atoms with E-state index in [9.17, 15) is 9.18 Å². The number of hydrogen-bond donors (Lipinski definition) is 1. The molecule has 3 rings (SSSR count). The van der Waals surface area contributed by atoms with Crippen LogP contribution in [-0.4, -0.2) is 26.4 Å². The van der Waals surface area contributed by atoms with Crippen LogP contribution in [0.1, 0.15) is 25.2 Å². The minimum atomic E-state index is -0.495. The van der Waals surface area contributed by atoms with Crippen LogP contribution in [-0.2, 0) is 24.4 Å². The van der Waals surface area contributed by atoms with Crippen LogP contribution < -0.4 is 10.1 Å². The molecule has 0 radical (unpaired) electrons. The van der Waals surface area contributed by atoms with Gasteiger partial charge in [-0.2, -0.15) is 0 Å². The lowest BCUT2D eigenvalue weighted by Crippen LogP contribution is -2.15. The molecule has 2 aromatic carbocycles. The molecule has 158 valence electrons. The van der Waals surface area contributed by atoms with E-state index in [0.29, 0.717) is 22.0 Å². The molecule has 0 saturated carbocycles. The topological polar surface area (TPSA) is 69.0 Å². The molecule has 0 aliphatic heterocycles. The van der Waals surface area contributed by atoms with Crippen molar-refractivity contribution in [2.45, 2.75) is 38.6 Å². The Kier molecular flexibility index (Phi) is 7.87. The second-order valence-electron chi connectivity index (χ2n) is 6.39. The van der Waals surface area contributed by atoms with E-state index in [-0.39, 0.29) is 24.0 Å². The zero-order valence-electron chi connectivity index (χ0n) is 16.7. The maximum Gasteiger partial charge on any atom is 0.234 e. The Hall–Kier alpha value is -2.39. The summed E-state index contributed by atoms with van der Waals surface area (Å²) in [6, 6.07) is 12.4. The third kappa shape index (κ3) is 5.82. The van der Waals surface area contributed by atoms with Gasteiger partial charge in [-0.15, -0.1) is 10.2 Å². The fourth-order valence-corrected chi connectivity index (χ4v) is 3.88. The smallest absolute Gasteiger partial charge is 0.234 e. The largest absolute Gasteiger partial charge is 0.486 e.